The molecule has 0 bridgehead atoms. The molecule has 0 aromatic carbocycles. The Morgan fingerprint density at radius 3 is 2.59 bits per heavy atom. The van der Waals surface area contributed by atoms with E-state index in [4.69, 9.17) is 17.3 Å². The lowest BCUT2D eigenvalue weighted by Crippen LogP contribution is -2.44. The molecule has 3 heterocycles. The molecule has 1 unspecified atom stereocenters. The third-order valence-electron chi connectivity index (χ3n) is 6.21. The zero-order chi connectivity index (χ0) is 24.7. The van der Waals surface area contributed by atoms with Crippen LogP contribution < -0.4 is 21.3 Å². The lowest BCUT2D eigenvalue weighted by molar-refractivity contribution is -0.119. The summed E-state index contributed by atoms with van der Waals surface area (Å²) in [4.78, 5) is 30.9. The number of hydrogen-bond donors (Lipinski definition) is 3. The van der Waals surface area contributed by atoms with Gasteiger partial charge in [0, 0.05) is 44.8 Å². The van der Waals surface area contributed by atoms with Crippen molar-refractivity contribution in [3.8, 4) is 0 Å². The number of anilines is 4. The van der Waals surface area contributed by atoms with Crippen LogP contribution >= 0.6 is 11.6 Å². The number of likely N-dealkylation sites (N-methyl/N-ethyl adjacent to an activating group) is 1. The number of halogens is 1. The zero-order valence-corrected chi connectivity index (χ0v) is 21.5. The number of nitrogens with zero attached hydrogens (tertiary/aromatic N) is 5. The maximum Gasteiger partial charge on any atom is 0.227 e. The number of piperazine rings is 1. The van der Waals surface area contributed by atoms with Gasteiger partial charge in [0.25, 0.3) is 0 Å². The van der Waals surface area contributed by atoms with Crippen LogP contribution in [-0.4, -0.2) is 65.5 Å². The van der Waals surface area contributed by atoms with E-state index in [0.29, 0.717) is 35.2 Å². The van der Waals surface area contributed by atoms with Crippen LogP contribution in [0, 0.1) is 12.8 Å². The number of pyridine rings is 1. The number of carbonyl (C=O) groups excluding carboxylic acids is 1. The molecule has 0 aliphatic carbocycles. The monoisotopic (exact) mass is 488 g/mol. The number of hydrogen-bond acceptors (Lipinski definition) is 8. The molecule has 1 atom stereocenters. The van der Waals surface area contributed by atoms with Gasteiger partial charge >= 0.3 is 0 Å². The second-order valence-corrected chi connectivity index (χ2v) is 9.32. The summed E-state index contributed by atoms with van der Waals surface area (Å²) in [6, 6.07) is 1.93. The molecule has 4 N–H and O–H groups in total. The van der Waals surface area contributed by atoms with Gasteiger partial charge in [-0.2, -0.15) is 4.98 Å². The van der Waals surface area contributed by atoms with Gasteiger partial charge in [-0.1, -0.05) is 31.9 Å². The van der Waals surface area contributed by atoms with E-state index in [2.05, 4.69) is 49.4 Å². The van der Waals surface area contributed by atoms with Gasteiger partial charge in [-0.25, -0.2) is 9.97 Å². The summed E-state index contributed by atoms with van der Waals surface area (Å²) in [7, 11) is 2.12. The highest BCUT2D eigenvalue weighted by molar-refractivity contribution is 6.33. The number of aromatic nitrogens is 3. The Morgan fingerprint density at radius 1 is 1.24 bits per heavy atom. The molecule has 3 rings (SSSR count). The normalized spacial score (nSPS) is 15.3. The number of nitrogens with one attached hydrogen (secondary N) is 2. The number of aryl methyl sites for hydroxylation is 1. The first-order valence-electron chi connectivity index (χ1n) is 12.1. The number of nitrogens with two attached hydrogens (primary N) is 1. The van der Waals surface area contributed by atoms with Gasteiger partial charge < -0.3 is 26.2 Å². The Labute approximate surface area is 207 Å². The fourth-order valence-corrected chi connectivity index (χ4v) is 4.28. The SMILES string of the molecule is CCCCNc1nc(C)c(NC(=O)C(CC)Cc2cnc(N3CCN(C)CC3)c(Cl)c2)c(N)n1. The van der Waals surface area contributed by atoms with Crippen molar-refractivity contribution < 1.29 is 4.79 Å². The molecule has 0 radical (unpaired) electrons. The van der Waals surface area contributed by atoms with Crippen LogP contribution in [0.4, 0.5) is 23.3 Å². The molecule has 186 valence electrons. The van der Waals surface area contributed by atoms with Gasteiger partial charge in [0.05, 0.1) is 10.7 Å². The minimum Gasteiger partial charge on any atom is -0.382 e. The molecule has 1 amide bonds. The number of unbranched alkanes of at least 4 members (excludes halogenated alkanes) is 1. The standard InChI is InChI=1S/C24H37ClN8O/c1-5-7-8-27-24-29-16(3)20(21(26)31-24)30-23(34)18(6-2)13-17-14-19(25)22(28-15-17)33-11-9-32(4)10-12-33/h14-15,18H,5-13H2,1-4H3,(H,30,34)(H3,26,27,29,31). The molecular formula is C24H37ClN8O. The molecule has 10 heteroatoms. The number of nitrogen functional groups attached to an aromatic ring is 1. The van der Waals surface area contributed by atoms with E-state index in [-0.39, 0.29) is 17.6 Å². The second-order valence-electron chi connectivity index (χ2n) is 8.91. The van der Waals surface area contributed by atoms with Crippen LogP contribution in [0.25, 0.3) is 0 Å². The van der Waals surface area contributed by atoms with Crippen LogP contribution in [0.1, 0.15) is 44.4 Å². The van der Waals surface area contributed by atoms with E-state index in [0.717, 1.165) is 56.9 Å². The minimum atomic E-state index is -0.256. The van der Waals surface area contributed by atoms with Crippen LogP contribution in [0.3, 0.4) is 0 Å². The van der Waals surface area contributed by atoms with Gasteiger partial charge in [0.15, 0.2) is 5.82 Å². The van der Waals surface area contributed by atoms with Gasteiger partial charge in [-0.15, -0.1) is 0 Å². The van der Waals surface area contributed by atoms with E-state index in [9.17, 15) is 4.79 Å². The van der Waals surface area contributed by atoms with Crippen molar-refractivity contribution >= 4 is 40.8 Å². The van der Waals surface area contributed by atoms with Gasteiger partial charge in [0.1, 0.15) is 11.5 Å². The molecule has 34 heavy (non-hydrogen) atoms. The van der Waals surface area contributed by atoms with Crippen LogP contribution in [0.2, 0.25) is 5.02 Å². The topological polar surface area (TPSA) is 112 Å². The summed E-state index contributed by atoms with van der Waals surface area (Å²) < 4.78 is 0. The molecule has 1 aliphatic rings. The number of carbonyl (C=O) groups is 1. The molecular weight excluding hydrogens is 452 g/mol. The van der Waals surface area contributed by atoms with Crippen LogP contribution in [-0.2, 0) is 11.2 Å². The average Bonchev–Trinajstić information content (AvgIpc) is 2.81. The first-order chi connectivity index (χ1) is 16.3. The lowest BCUT2D eigenvalue weighted by atomic mass is 9.96. The largest absolute Gasteiger partial charge is 0.382 e. The predicted molar refractivity (Wildman–Crippen MR) is 140 cm³/mol. The maximum absolute atomic E-state index is 13.1. The summed E-state index contributed by atoms with van der Waals surface area (Å²) in [5.41, 5.74) is 8.17. The quantitative estimate of drug-likeness (QED) is 0.435. The summed E-state index contributed by atoms with van der Waals surface area (Å²) >= 11 is 6.58. The third-order valence-corrected chi connectivity index (χ3v) is 6.48. The Morgan fingerprint density at radius 2 is 1.97 bits per heavy atom. The zero-order valence-electron chi connectivity index (χ0n) is 20.7. The first kappa shape index (κ1) is 26.0. The predicted octanol–water partition coefficient (Wildman–Crippen LogP) is 3.59. The summed E-state index contributed by atoms with van der Waals surface area (Å²) in [6.07, 6.45) is 5.13. The molecule has 2 aromatic rings. The highest BCUT2D eigenvalue weighted by atomic mass is 35.5. The van der Waals surface area contributed by atoms with E-state index in [1.165, 1.54) is 0 Å². The van der Waals surface area contributed by atoms with Crippen molar-refractivity contribution in [2.45, 2.75) is 46.5 Å². The minimum absolute atomic E-state index is 0.119. The maximum atomic E-state index is 13.1. The van der Waals surface area contributed by atoms with Gasteiger partial charge in [0.2, 0.25) is 11.9 Å². The lowest BCUT2D eigenvalue weighted by Gasteiger charge is -2.33. The van der Waals surface area contributed by atoms with Crippen molar-refractivity contribution in [1.82, 2.24) is 19.9 Å². The fourth-order valence-electron chi connectivity index (χ4n) is 3.97. The van der Waals surface area contributed by atoms with E-state index in [1.807, 2.05) is 26.1 Å². The highest BCUT2D eigenvalue weighted by Gasteiger charge is 2.22. The van der Waals surface area contributed by atoms with E-state index < -0.39 is 0 Å². The van der Waals surface area contributed by atoms with Crippen LogP contribution in [0.15, 0.2) is 12.3 Å². The molecule has 1 fully saturated rings. The Hall–Kier alpha value is -2.65. The Balaban J connectivity index is 1.65. The van der Waals surface area contributed by atoms with Gasteiger partial charge in [-0.3, -0.25) is 4.79 Å². The molecule has 1 saturated heterocycles. The summed E-state index contributed by atoms with van der Waals surface area (Å²) in [5.74, 6) is 1.18. The fraction of sp³-hybridized carbons (Fsp3) is 0.583. The smallest absolute Gasteiger partial charge is 0.227 e. The average molecular weight is 489 g/mol. The van der Waals surface area contributed by atoms with Gasteiger partial charge in [-0.05, 0) is 44.9 Å². The van der Waals surface area contributed by atoms with Crippen molar-refractivity contribution in [1.29, 1.82) is 0 Å². The first-order valence-corrected chi connectivity index (χ1v) is 12.5. The van der Waals surface area contributed by atoms with Crippen molar-refractivity contribution in [3.63, 3.8) is 0 Å². The summed E-state index contributed by atoms with van der Waals surface area (Å²) in [5, 5.41) is 6.74. The molecule has 0 saturated carbocycles. The molecule has 9 nitrogen and oxygen atoms in total. The van der Waals surface area contributed by atoms with Crippen molar-refractivity contribution in [3.05, 3.63) is 28.5 Å². The molecule has 2 aromatic heterocycles. The van der Waals surface area contributed by atoms with E-state index in [1.54, 1.807) is 0 Å². The van der Waals surface area contributed by atoms with Crippen LogP contribution in [0.5, 0.6) is 0 Å². The number of rotatable bonds is 10. The summed E-state index contributed by atoms with van der Waals surface area (Å²) in [6.45, 7) is 10.5. The van der Waals surface area contributed by atoms with Crippen molar-refractivity contribution in [2.24, 2.45) is 5.92 Å². The molecule has 1 aliphatic heterocycles. The second kappa shape index (κ2) is 12.2. The van der Waals surface area contributed by atoms with E-state index >= 15 is 0 Å². The number of amides is 1. The molecule has 0 spiro atoms. The van der Waals surface area contributed by atoms with Crippen molar-refractivity contribution in [2.75, 3.05) is 61.0 Å². The Kier molecular flexibility index (Phi) is 9.29. The Bertz CT molecular complexity index is 954. The third kappa shape index (κ3) is 6.70. The highest BCUT2D eigenvalue weighted by Crippen LogP contribution is 2.27.